The number of rotatable bonds is 7. The number of phenolic OH excluding ortho intramolecular Hbond substituents is 2. The third kappa shape index (κ3) is 5.56. The van der Waals surface area contributed by atoms with Crippen LogP contribution in [0.3, 0.4) is 0 Å². The molecule has 0 amide bonds. The highest BCUT2D eigenvalue weighted by molar-refractivity contribution is 5.86. The Morgan fingerprint density at radius 3 is 2.19 bits per heavy atom. The minimum absolute atomic E-state index is 0.0251. The Bertz CT molecular complexity index is 1510. The second-order valence-corrected chi connectivity index (χ2v) is 10.3. The van der Waals surface area contributed by atoms with E-state index in [2.05, 4.69) is 0 Å². The topological polar surface area (TPSA) is 249 Å². The smallest absolute Gasteiger partial charge is 0.200 e. The maximum Gasteiger partial charge on any atom is 0.200 e. The van der Waals surface area contributed by atoms with Gasteiger partial charge in [-0.3, -0.25) is 4.79 Å². The molecule has 3 aromatic rings. The van der Waals surface area contributed by atoms with Gasteiger partial charge >= 0.3 is 0 Å². The molecule has 2 fully saturated rings. The number of hydrogen-bond acceptors (Lipinski definition) is 15. The summed E-state index contributed by atoms with van der Waals surface area (Å²) in [6, 6.07) is 6.71. The van der Waals surface area contributed by atoms with Gasteiger partial charge in [-0.2, -0.15) is 0 Å². The fraction of sp³-hybridized carbons (Fsp3) is 0.464. The normalized spacial score (nSPS) is 33.0. The Hall–Kier alpha value is -3.35. The van der Waals surface area contributed by atoms with Gasteiger partial charge in [0, 0.05) is 0 Å². The number of aliphatic hydroxyl groups excluding tert-OH is 7. The van der Waals surface area contributed by atoms with Crippen LogP contribution in [0.15, 0.2) is 45.8 Å². The Morgan fingerprint density at radius 2 is 1.49 bits per heavy atom. The highest BCUT2D eigenvalue weighted by atomic mass is 16.7. The number of aromatic hydroxyl groups is 2. The van der Waals surface area contributed by atoms with Gasteiger partial charge < -0.3 is 69.3 Å². The van der Waals surface area contributed by atoms with Crippen molar-refractivity contribution in [2.75, 3.05) is 20.3 Å². The van der Waals surface area contributed by atoms with Crippen molar-refractivity contribution in [2.45, 2.75) is 61.2 Å². The van der Waals surface area contributed by atoms with Crippen molar-refractivity contribution in [3.63, 3.8) is 0 Å². The quantitative estimate of drug-likeness (QED) is 0.144. The van der Waals surface area contributed by atoms with Crippen LogP contribution < -0.4 is 10.2 Å². The molecular weight excluding hydrogens is 576 g/mol. The van der Waals surface area contributed by atoms with Crippen LogP contribution in [0, 0.1) is 0 Å². The third-order valence-electron chi connectivity index (χ3n) is 7.72. The molecule has 1 aromatic heterocycles. The number of aliphatic hydroxyl groups is 7. The van der Waals surface area contributed by atoms with Crippen LogP contribution in [0.25, 0.3) is 22.1 Å². The fourth-order valence-corrected chi connectivity index (χ4v) is 5.25. The van der Waals surface area contributed by atoms with Crippen molar-refractivity contribution in [3.8, 4) is 28.4 Å². The molecule has 0 radical (unpaired) electrons. The Kier molecular flexibility index (Phi) is 8.92. The van der Waals surface area contributed by atoms with E-state index in [1.165, 1.54) is 37.4 Å². The van der Waals surface area contributed by atoms with Gasteiger partial charge in [-0.05, 0) is 29.8 Å². The number of fused-ring (bicyclic) bond motifs is 1. The second-order valence-electron chi connectivity index (χ2n) is 10.3. The first-order valence-electron chi connectivity index (χ1n) is 13.2. The molecule has 5 rings (SSSR count). The van der Waals surface area contributed by atoms with Gasteiger partial charge in [0.05, 0.1) is 36.8 Å². The van der Waals surface area contributed by atoms with E-state index in [-0.39, 0.29) is 33.6 Å². The van der Waals surface area contributed by atoms with Crippen molar-refractivity contribution in [1.82, 2.24) is 0 Å². The summed E-state index contributed by atoms with van der Waals surface area (Å²) in [4.78, 5) is 13.5. The molecule has 0 aliphatic carbocycles. The molecule has 234 valence electrons. The summed E-state index contributed by atoms with van der Waals surface area (Å²) in [6.45, 7) is -1.29. The molecule has 2 saturated heterocycles. The maximum absolute atomic E-state index is 13.5. The Balaban J connectivity index is 1.45. The summed E-state index contributed by atoms with van der Waals surface area (Å²) in [7, 11) is 1.35. The maximum atomic E-state index is 13.5. The minimum Gasteiger partial charge on any atom is -0.507 e. The van der Waals surface area contributed by atoms with Crippen LogP contribution in [0.1, 0.15) is 11.7 Å². The number of hydrogen-bond donors (Lipinski definition) is 9. The largest absolute Gasteiger partial charge is 0.507 e. The molecule has 3 heterocycles. The van der Waals surface area contributed by atoms with Gasteiger partial charge in [0.2, 0.25) is 5.43 Å². The van der Waals surface area contributed by atoms with Crippen LogP contribution in [-0.4, -0.2) is 121 Å². The van der Waals surface area contributed by atoms with Crippen LogP contribution >= 0.6 is 0 Å². The molecule has 43 heavy (non-hydrogen) atoms. The van der Waals surface area contributed by atoms with Gasteiger partial charge in [0.25, 0.3) is 0 Å². The van der Waals surface area contributed by atoms with Gasteiger partial charge in [0.1, 0.15) is 72.5 Å². The average Bonchev–Trinajstić information content (AvgIpc) is 3.00. The van der Waals surface area contributed by atoms with Crippen molar-refractivity contribution in [3.05, 3.63) is 52.4 Å². The molecule has 0 saturated carbocycles. The van der Waals surface area contributed by atoms with Crippen LogP contribution in [-0.2, 0) is 14.2 Å². The van der Waals surface area contributed by atoms with Gasteiger partial charge in [0.15, 0.2) is 17.8 Å². The lowest BCUT2D eigenvalue weighted by Gasteiger charge is -2.43. The molecule has 15 nitrogen and oxygen atoms in total. The van der Waals surface area contributed by atoms with Gasteiger partial charge in [-0.25, -0.2) is 0 Å². The number of benzene rings is 2. The zero-order valence-corrected chi connectivity index (χ0v) is 22.6. The highest BCUT2D eigenvalue weighted by Gasteiger charge is 2.48. The predicted molar refractivity (Wildman–Crippen MR) is 143 cm³/mol. The minimum atomic E-state index is -1.84. The zero-order chi connectivity index (χ0) is 31.2. The summed E-state index contributed by atoms with van der Waals surface area (Å²) in [5, 5.41) is 92.3. The summed E-state index contributed by atoms with van der Waals surface area (Å²) >= 11 is 0. The number of ether oxygens (including phenoxy) is 4. The molecular formula is C28H32O15. The average molecular weight is 609 g/mol. The monoisotopic (exact) mass is 608 g/mol. The van der Waals surface area contributed by atoms with Crippen molar-refractivity contribution >= 4 is 11.0 Å². The third-order valence-corrected chi connectivity index (χ3v) is 7.72. The molecule has 9 N–H and O–H groups in total. The van der Waals surface area contributed by atoms with E-state index in [1.54, 1.807) is 0 Å². The van der Waals surface area contributed by atoms with Crippen LogP contribution in [0.2, 0.25) is 0 Å². The van der Waals surface area contributed by atoms with Crippen molar-refractivity contribution in [2.24, 2.45) is 0 Å². The standard InChI is InChI=1S/C28H32O15/c1-39-15-6-10(2-4-13(15)30)12-8-40-26-11(19(12)32)3-5-14(31)18(26)27-24(37)22(35)21(34)17(42-27)9-41-28-25(38)23(36)20(33)16(7-29)43-28/h2-6,8,16-17,20-25,27-31,33-38H,7,9H2,1H3. The van der Waals surface area contributed by atoms with E-state index in [1.807, 2.05) is 0 Å². The summed E-state index contributed by atoms with van der Waals surface area (Å²) < 4.78 is 27.4. The Labute approximate surface area is 242 Å². The lowest BCUT2D eigenvalue weighted by molar-refractivity contribution is -0.314. The summed E-state index contributed by atoms with van der Waals surface area (Å²) in [6.07, 6.45) is -15.2. The van der Waals surface area contributed by atoms with Gasteiger partial charge in [-0.15, -0.1) is 0 Å². The van der Waals surface area contributed by atoms with Crippen LogP contribution in [0.4, 0.5) is 0 Å². The number of methoxy groups -OCH3 is 1. The van der Waals surface area contributed by atoms with Crippen LogP contribution in [0.5, 0.6) is 17.2 Å². The predicted octanol–water partition coefficient (Wildman–Crippen LogP) is -1.78. The zero-order valence-electron chi connectivity index (χ0n) is 22.6. The summed E-state index contributed by atoms with van der Waals surface area (Å²) in [5.41, 5.74) is -0.475. The van der Waals surface area contributed by atoms with E-state index in [0.29, 0.717) is 5.56 Å². The number of phenols is 2. The molecule has 2 aliphatic rings. The SMILES string of the molecule is COc1cc(-c2coc3c(C4OC(COC5OC(CO)C(O)C(O)C5O)C(O)C(O)C4O)c(O)ccc3c2=O)ccc1O. The molecule has 0 spiro atoms. The van der Waals surface area contributed by atoms with E-state index >= 15 is 0 Å². The first kappa shape index (κ1) is 31.1. The fourth-order valence-electron chi connectivity index (χ4n) is 5.25. The molecule has 0 bridgehead atoms. The second kappa shape index (κ2) is 12.3. The summed E-state index contributed by atoms with van der Waals surface area (Å²) in [5.74, 6) is -0.486. The molecule has 10 unspecified atom stereocenters. The first-order valence-corrected chi connectivity index (χ1v) is 13.2. The lowest BCUT2D eigenvalue weighted by Crippen LogP contribution is -2.60. The highest BCUT2D eigenvalue weighted by Crippen LogP contribution is 2.41. The van der Waals surface area contributed by atoms with E-state index in [0.717, 1.165) is 6.26 Å². The molecule has 15 heteroatoms. The molecule has 2 aliphatic heterocycles. The molecule has 10 atom stereocenters. The lowest BCUT2D eigenvalue weighted by atomic mass is 9.89. The van der Waals surface area contributed by atoms with E-state index < -0.39 is 85.6 Å². The van der Waals surface area contributed by atoms with Crippen molar-refractivity contribution < 1.29 is 69.3 Å². The van der Waals surface area contributed by atoms with E-state index in [4.69, 9.17) is 23.4 Å². The molecule has 2 aromatic carbocycles. The van der Waals surface area contributed by atoms with E-state index in [9.17, 15) is 50.8 Å². The Morgan fingerprint density at radius 1 is 0.814 bits per heavy atom. The van der Waals surface area contributed by atoms with Gasteiger partial charge in [-0.1, -0.05) is 6.07 Å². The van der Waals surface area contributed by atoms with Crippen molar-refractivity contribution in [1.29, 1.82) is 0 Å². The first-order chi connectivity index (χ1) is 20.5.